The van der Waals surface area contributed by atoms with E-state index < -0.39 is 0 Å². The van der Waals surface area contributed by atoms with Gasteiger partial charge in [0.05, 0.1) is 16.8 Å². The molecule has 0 bridgehead atoms. The van der Waals surface area contributed by atoms with Gasteiger partial charge in [-0.2, -0.15) is 0 Å². The second-order valence-electron chi connectivity index (χ2n) is 4.11. The van der Waals surface area contributed by atoms with Crippen LogP contribution in [0.15, 0.2) is 23.7 Å². The number of thiophene rings is 1. The Labute approximate surface area is 92.4 Å². The highest BCUT2D eigenvalue weighted by atomic mass is 32.1. The van der Waals surface area contributed by atoms with Gasteiger partial charge < -0.3 is 10.7 Å². The van der Waals surface area contributed by atoms with Crippen LogP contribution in [0.4, 0.5) is 0 Å². The number of aromatic nitrogens is 2. The predicted octanol–water partition coefficient (Wildman–Crippen LogP) is 2.13. The van der Waals surface area contributed by atoms with Crippen molar-refractivity contribution < 1.29 is 0 Å². The molecule has 0 radical (unpaired) electrons. The van der Waals surface area contributed by atoms with Gasteiger partial charge in [-0.15, -0.1) is 11.3 Å². The van der Waals surface area contributed by atoms with E-state index in [-0.39, 0.29) is 5.41 Å². The molecule has 78 valence electrons. The van der Waals surface area contributed by atoms with Crippen LogP contribution in [-0.4, -0.2) is 16.5 Å². The highest BCUT2D eigenvalue weighted by molar-refractivity contribution is 7.13. The Bertz CT molecular complexity index is 454. The molecule has 1 fully saturated rings. The highest BCUT2D eigenvalue weighted by Crippen LogP contribution is 2.46. The first kappa shape index (κ1) is 9.12. The van der Waals surface area contributed by atoms with Crippen molar-refractivity contribution in [2.45, 2.75) is 18.3 Å². The average molecular weight is 219 g/mol. The maximum atomic E-state index is 5.77. The molecule has 3 N–H and O–H groups in total. The Kier molecular flexibility index (Phi) is 1.94. The van der Waals surface area contributed by atoms with Crippen LogP contribution in [-0.2, 0) is 5.41 Å². The van der Waals surface area contributed by atoms with E-state index in [1.807, 2.05) is 6.20 Å². The number of rotatable bonds is 3. The number of nitrogens with one attached hydrogen (secondary N) is 1. The van der Waals surface area contributed by atoms with Crippen molar-refractivity contribution >= 4 is 11.3 Å². The summed E-state index contributed by atoms with van der Waals surface area (Å²) in [6, 6.07) is 4.15. The van der Waals surface area contributed by atoms with Crippen molar-refractivity contribution in [3.63, 3.8) is 0 Å². The summed E-state index contributed by atoms with van der Waals surface area (Å²) in [5.74, 6) is 1.06. The lowest BCUT2D eigenvalue weighted by molar-refractivity contribution is 0.659. The summed E-state index contributed by atoms with van der Waals surface area (Å²) in [5, 5.41) is 2.08. The van der Waals surface area contributed by atoms with Gasteiger partial charge in [0, 0.05) is 12.0 Å². The van der Waals surface area contributed by atoms with E-state index in [2.05, 4.69) is 27.5 Å². The second-order valence-corrected chi connectivity index (χ2v) is 5.05. The molecule has 3 nitrogen and oxygen atoms in total. The Balaban J connectivity index is 1.95. The summed E-state index contributed by atoms with van der Waals surface area (Å²) < 4.78 is 0. The topological polar surface area (TPSA) is 54.7 Å². The normalized spacial score (nSPS) is 17.9. The monoisotopic (exact) mass is 219 g/mol. The molecule has 0 aliphatic heterocycles. The minimum atomic E-state index is 0.162. The first-order chi connectivity index (χ1) is 7.34. The number of hydrogen-bond acceptors (Lipinski definition) is 3. The fourth-order valence-electron chi connectivity index (χ4n) is 1.84. The van der Waals surface area contributed by atoms with Gasteiger partial charge >= 0.3 is 0 Å². The van der Waals surface area contributed by atoms with Gasteiger partial charge in [0.25, 0.3) is 0 Å². The third-order valence-electron chi connectivity index (χ3n) is 3.11. The molecule has 2 heterocycles. The Morgan fingerprint density at radius 1 is 1.53 bits per heavy atom. The fraction of sp³-hybridized carbons (Fsp3) is 0.364. The summed E-state index contributed by atoms with van der Waals surface area (Å²) in [6.07, 6.45) is 4.25. The molecular formula is C11H13N3S. The van der Waals surface area contributed by atoms with Crippen LogP contribution in [0.1, 0.15) is 18.7 Å². The lowest BCUT2D eigenvalue weighted by atomic mass is 10.1. The lowest BCUT2D eigenvalue weighted by Gasteiger charge is -2.07. The summed E-state index contributed by atoms with van der Waals surface area (Å²) in [7, 11) is 0. The average Bonchev–Trinajstić information content (AvgIpc) is 2.74. The molecule has 1 aliphatic rings. The zero-order chi connectivity index (χ0) is 10.3. The largest absolute Gasteiger partial charge is 0.341 e. The molecule has 15 heavy (non-hydrogen) atoms. The Hall–Kier alpha value is -1.13. The molecule has 0 atom stereocenters. The van der Waals surface area contributed by atoms with Gasteiger partial charge in [0.2, 0.25) is 0 Å². The van der Waals surface area contributed by atoms with Crippen LogP contribution in [0.5, 0.6) is 0 Å². The van der Waals surface area contributed by atoms with Gasteiger partial charge in [-0.3, -0.25) is 0 Å². The molecular weight excluding hydrogens is 206 g/mol. The fourth-order valence-corrected chi connectivity index (χ4v) is 2.53. The number of imidazole rings is 1. The van der Waals surface area contributed by atoms with Crippen molar-refractivity contribution in [1.29, 1.82) is 0 Å². The second kappa shape index (κ2) is 3.18. The molecule has 4 heteroatoms. The van der Waals surface area contributed by atoms with Crippen molar-refractivity contribution in [1.82, 2.24) is 9.97 Å². The molecule has 3 rings (SSSR count). The van der Waals surface area contributed by atoms with Gasteiger partial charge in [0.15, 0.2) is 0 Å². The summed E-state index contributed by atoms with van der Waals surface area (Å²) >= 11 is 1.73. The molecule has 0 saturated heterocycles. The van der Waals surface area contributed by atoms with E-state index in [1.165, 1.54) is 17.7 Å². The minimum absolute atomic E-state index is 0.162. The first-order valence-corrected chi connectivity index (χ1v) is 6.01. The Morgan fingerprint density at radius 3 is 3.00 bits per heavy atom. The lowest BCUT2D eigenvalue weighted by Crippen LogP contribution is -2.21. The van der Waals surface area contributed by atoms with E-state index in [1.54, 1.807) is 11.3 Å². The summed E-state index contributed by atoms with van der Waals surface area (Å²) in [6.45, 7) is 0.699. The van der Waals surface area contributed by atoms with Crippen LogP contribution < -0.4 is 5.73 Å². The van der Waals surface area contributed by atoms with Crippen molar-refractivity contribution in [2.24, 2.45) is 5.73 Å². The summed E-state index contributed by atoms with van der Waals surface area (Å²) in [5.41, 5.74) is 7.04. The standard InChI is InChI=1S/C11H13N3S/c12-7-11(3-4-11)10-13-6-8(14-10)9-2-1-5-15-9/h1-2,5-6H,3-4,7,12H2,(H,13,14). The van der Waals surface area contributed by atoms with E-state index in [9.17, 15) is 0 Å². The van der Waals surface area contributed by atoms with Gasteiger partial charge in [0.1, 0.15) is 5.82 Å². The number of H-pyrrole nitrogens is 1. The van der Waals surface area contributed by atoms with Crippen molar-refractivity contribution in [3.8, 4) is 10.6 Å². The molecule has 0 aromatic carbocycles. The molecule has 1 aliphatic carbocycles. The van der Waals surface area contributed by atoms with Crippen molar-refractivity contribution in [3.05, 3.63) is 29.5 Å². The molecule has 0 amide bonds. The van der Waals surface area contributed by atoms with Crippen LogP contribution >= 0.6 is 11.3 Å². The minimum Gasteiger partial charge on any atom is -0.341 e. The predicted molar refractivity (Wildman–Crippen MR) is 61.9 cm³/mol. The Morgan fingerprint density at radius 2 is 2.40 bits per heavy atom. The molecule has 0 unspecified atom stereocenters. The van der Waals surface area contributed by atoms with Gasteiger partial charge in [-0.25, -0.2) is 4.98 Å². The SMILES string of the molecule is NCC1(c2ncc(-c3cccs3)[nH]2)CC1. The van der Waals surface area contributed by atoms with E-state index in [0.717, 1.165) is 11.5 Å². The maximum Gasteiger partial charge on any atom is 0.114 e. The molecule has 2 aromatic rings. The molecule has 2 aromatic heterocycles. The maximum absolute atomic E-state index is 5.77. The van der Waals surface area contributed by atoms with E-state index in [0.29, 0.717) is 6.54 Å². The van der Waals surface area contributed by atoms with Crippen LogP contribution in [0, 0.1) is 0 Å². The zero-order valence-electron chi connectivity index (χ0n) is 8.36. The van der Waals surface area contributed by atoms with Gasteiger partial charge in [-0.1, -0.05) is 6.07 Å². The molecule has 1 saturated carbocycles. The third kappa shape index (κ3) is 1.41. The number of hydrogen-bond donors (Lipinski definition) is 2. The number of nitrogens with zero attached hydrogens (tertiary/aromatic N) is 1. The molecule has 0 spiro atoms. The number of nitrogens with two attached hydrogens (primary N) is 1. The van der Waals surface area contributed by atoms with Crippen molar-refractivity contribution in [2.75, 3.05) is 6.54 Å². The van der Waals surface area contributed by atoms with Crippen LogP contribution in [0.3, 0.4) is 0 Å². The third-order valence-corrected chi connectivity index (χ3v) is 4.01. The van der Waals surface area contributed by atoms with E-state index in [4.69, 9.17) is 5.73 Å². The quantitative estimate of drug-likeness (QED) is 0.831. The smallest absolute Gasteiger partial charge is 0.114 e. The summed E-state index contributed by atoms with van der Waals surface area (Å²) in [4.78, 5) is 9.07. The van der Waals surface area contributed by atoms with Gasteiger partial charge in [-0.05, 0) is 24.3 Å². The van der Waals surface area contributed by atoms with Crippen LogP contribution in [0.2, 0.25) is 0 Å². The van der Waals surface area contributed by atoms with Crippen LogP contribution in [0.25, 0.3) is 10.6 Å². The zero-order valence-corrected chi connectivity index (χ0v) is 9.18. The first-order valence-electron chi connectivity index (χ1n) is 5.13. The highest BCUT2D eigenvalue weighted by Gasteiger charge is 2.45. The van der Waals surface area contributed by atoms with E-state index >= 15 is 0 Å². The number of aromatic amines is 1.